The summed E-state index contributed by atoms with van der Waals surface area (Å²) < 4.78 is 5.36. The second-order valence-corrected chi connectivity index (χ2v) is 7.34. The summed E-state index contributed by atoms with van der Waals surface area (Å²) in [5, 5.41) is 0. The first-order valence-electron chi connectivity index (χ1n) is 7.56. The number of rotatable bonds is 0. The lowest BCUT2D eigenvalue weighted by atomic mass is 10.0. The Balaban J connectivity index is 1.95. The van der Waals surface area contributed by atoms with E-state index in [0.29, 0.717) is 19.4 Å². The molecule has 3 atom stereocenters. The number of imide groups is 1. The van der Waals surface area contributed by atoms with Gasteiger partial charge >= 0.3 is 6.09 Å². The number of carbonyl (C=O) groups excluding carboxylic acids is 3. The third kappa shape index (κ3) is 1.95. The van der Waals surface area contributed by atoms with Crippen molar-refractivity contribution in [1.82, 2.24) is 9.80 Å². The molecule has 3 fully saturated rings. The maximum atomic E-state index is 12.8. The Labute approximate surface area is 124 Å². The van der Waals surface area contributed by atoms with E-state index in [9.17, 15) is 14.4 Å². The molecule has 3 amide bonds. The predicted molar refractivity (Wildman–Crippen MR) is 74.3 cm³/mol. The molecule has 0 radical (unpaired) electrons. The maximum Gasteiger partial charge on any atom is 0.418 e. The van der Waals surface area contributed by atoms with E-state index in [1.807, 2.05) is 6.92 Å². The van der Waals surface area contributed by atoms with Crippen molar-refractivity contribution in [3.63, 3.8) is 0 Å². The Hall–Kier alpha value is -1.59. The summed E-state index contributed by atoms with van der Waals surface area (Å²) in [5.41, 5.74) is -1.67. The lowest BCUT2D eigenvalue weighted by Gasteiger charge is -2.42. The number of fused-ring (bicyclic) bond motifs is 1. The molecule has 1 aliphatic carbocycles. The maximum absolute atomic E-state index is 12.8. The highest BCUT2D eigenvalue weighted by atomic mass is 16.6. The van der Waals surface area contributed by atoms with Gasteiger partial charge in [-0.25, -0.2) is 9.69 Å². The van der Waals surface area contributed by atoms with Gasteiger partial charge in [0.1, 0.15) is 17.2 Å². The zero-order chi connectivity index (χ0) is 15.6. The van der Waals surface area contributed by atoms with Gasteiger partial charge in [0.05, 0.1) is 0 Å². The normalized spacial score (nSPS) is 35.2. The number of ether oxygens (including phenoxy) is 1. The number of piperazine rings is 1. The van der Waals surface area contributed by atoms with Gasteiger partial charge in [0, 0.05) is 6.54 Å². The molecule has 116 valence electrons. The number of amides is 3. The van der Waals surface area contributed by atoms with Gasteiger partial charge < -0.3 is 9.64 Å². The van der Waals surface area contributed by atoms with Crippen molar-refractivity contribution >= 4 is 17.9 Å². The molecule has 0 aromatic heterocycles. The molecule has 1 spiro atoms. The van der Waals surface area contributed by atoms with Crippen molar-refractivity contribution in [2.75, 3.05) is 6.54 Å². The molecule has 0 bridgehead atoms. The van der Waals surface area contributed by atoms with Crippen LogP contribution in [0.3, 0.4) is 0 Å². The minimum absolute atomic E-state index is 0.00279. The van der Waals surface area contributed by atoms with Crippen LogP contribution in [-0.2, 0) is 14.3 Å². The molecule has 21 heavy (non-hydrogen) atoms. The van der Waals surface area contributed by atoms with Crippen molar-refractivity contribution in [2.24, 2.45) is 5.92 Å². The Bertz CT molecular complexity index is 524. The van der Waals surface area contributed by atoms with E-state index in [-0.39, 0.29) is 17.7 Å². The Morgan fingerprint density at radius 2 is 1.95 bits per heavy atom. The van der Waals surface area contributed by atoms with Crippen molar-refractivity contribution < 1.29 is 19.1 Å². The van der Waals surface area contributed by atoms with Crippen LogP contribution in [-0.4, -0.2) is 51.4 Å². The van der Waals surface area contributed by atoms with Crippen molar-refractivity contribution in [1.29, 1.82) is 0 Å². The van der Waals surface area contributed by atoms with Crippen LogP contribution < -0.4 is 0 Å². The highest BCUT2D eigenvalue weighted by Crippen LogP contribution is 2.53. The number of carbonyl (C=O) groups is 3. The van der Waals surface area contributed by atoms with Crippen LogP contribution in [0, 0.1) is 5.92 Å². The minimum Gasteiger partial charge on any atom is -0.443 e. The van der Waals surface area contributed by atoms with Crippen LogP contribution in [0.1, 0.15) is 47.0 Å². The monoisotopic (exact) mass is 294 g/mol. The topological polar surface area (TPSA) is 66.9 Å². The Morgan fingerprint density at radius 1 is 1.33 bits per heavy atom. The quantitative estimate of drug-likeness (QED) is 0.679. The summed E-state index contributed by atoms with van der Waals surface area (Å²) in [6.45, 7) is 7.79. The van der Waals surface area contributed by atoms with Gasteiger partial charge in [-0.3, -0.25) is 9.59 Å². The van der Waals surface area contributed by atoms with E-state index in [1.54, 1.807) is 25.7 Å². The molecular formula is C15H22N2O4. The van der Waals surface area contributed by atoms with E-state index < -0.39 is 23.3 Å². The second-order valence-electron chi connectivity index (χ2n) is 7.34. The number of hydrogen-bond donors (Lipinski definition) is 0. The van der Waals surface area contributed by atoms with E-state index in [2.05, 4.69) is 0 Å². The van der Waals surface area contributed by atoms with Gasteiger partial charge in [-0.15, -0.1) is 0 Å². The van der Waals surface area contributed by atoms with Crippen LogP contribution in [0.5, 0.6) is 0 Å². The molecule has 1 saturated carbocycles. The second kappa shape index (κ2) is 4.21. The lowest BCUT2D eigenvalue weighted by Crippen LogP contribution is -2.67. The number of nitrogens with zero attached hydrogens (tertiary/aromatic N) is 2. The fraction of sp³-hybridized carbons (Fsp3) is 0.800. The van der Waals surface area contributed by atoms with Gasteiger partial charge in [0.2, 0.25) is 5.91 Å². The molecule has 1 unspecified atom stereocenters. The van der Waals surface area contributed by atoms with Gasteiger partial charge in [-0.2, -0.15) is 0 Å². The van der Waals surface area contributed by atoms with Crippen molar-refractivity contribution in [3.8, 4) is 0 Å². The first-order chi connectivity index (χ1) is 9.68. The van der Waals surface area contributed by atoms with Gasteiger partial charge in [-0.1, -0.05) is 6.92 Å². The summed E-state index contributed by atoms with van der Waals surface area (Å²) in [4.78, 5) is 40.7. The van der Waals surface area contributed by atoms with Gasteiger partial charge in [0.15, 0.2) is 0 Å². The van der Waals surface area contributed by atoms with E-state index in [0.717, 1.165) is 11.3 Å². The molecule has 0 aromatic rings. The van der Waals surface area contributed by atoms with Crippen LogP contribution in [0.2, 0.25) is 0 Å². The van der Waals surface area contributed by atoms with Gasteiger partial charge in [-0.05, 0) is 46.0 Å². The SMILES string of the molecule is CC1C[C@]12C(=O)N1CCC[C@H]1C(=O)N2C(=O)OC(C)(C)C. The van der Waals surface area contributed by atoms with Crippen LogP contribution in [0.15, 0.2) is 0 Å². The van der Waals surface area contributed by atoms with Crippen LogP contribution >= 0.6 is 0 Å². The molecule has 6 heteroatoms. The molecule has 2 saturated heterocycles. The third-order valence-electron chi connectivity index (χ3n) is 4.64. The summed E-state index contributed by atoms with van der Waals surface area (Å²) in [6, 6.07) is -0.483. The predicted octanol–water partition coefficient (Wildman–Crippen LogP) is 1.53. The third-order valence-corrected chi connectivity index (χ3v) is 4.64. The first kappa shape index (κ1) is 14.4. The highest BCUT2D eigenvalue weighted by molar-refractivity contribution is 6.09. The number of hydrogen-bond acceptors (Lipinski definition) is 4. The summed E-state index contributed by atoms with van der Waals surface area (Å²) in [7, 11) is 0. The fourth-order valence-electron chi connectivity index (χ4n) is 3.53. The molecule has 2 heterocycles. The van der Waals surface area contributed by atoms with E-state index >= 15 is 0 Å². The van der Waals surface area contributed by atoms with E-state index in [4.69, 9.17) is 4.74 Å². The Morgan fingerprint density at radius 3 is 2.48 bits per heavy atom. The lowest BCUT2D eigenvalue weighted by molar-refractivity contribution is -0.160. The molecular weight excluding hydrogens is 272 g/mol. The molecule has 6 nitrogen and oxygen atoms in total. The van der Waals surface area contributed by atoms with Gasteiger partial charge in [0.25, 0.3) is 5.91 Å². The molecule has 2 aliphatic heterocycles. The highest BCUT2D eigenvalue weighted by Gasteiger charge is 2.71. The smallest absolute Gasteiger partial charge is 0.418 e. The summed E-state index contributed by atoms with van der Waals surface area (Å²) in [5.74, 6) is -0.350. The first-order valence-corrected chi connectivity index (χ1v) is 7.56. The summed E-state index contributed by atoms with van der Waals surface area (Å²) >= 11 is 0. The van der Waals surface area contributed by atoms with E-state index in [1.165, 1.54) is 0 Å². The zero-order valence-corrected chi connectivity index (χ0v) is 13.0. The largest absolute Gasteiger partial charge is 0.443 e. The molecule has 3 aliphatic rings. The van der Waals surface area contributed by atoms with Crippen LogP contribution in [0.25, 0.3) is 0 Å². The fourth-order valence-corrected chi connectivity index (χ4v) is 3.53. The average Bonchev–Trinajstić information content (AvgIpc) is 2.82. The van der Waals surface area contributed by atoms with Crippen molar-refractivity contribution in [3.05, 3.63) is 0 Å². The molecule has 0 aromatic carbocycles. The minimum atomic E-state index is -0.986. The standard InChI is InChI=1S/C15H22N2O4/c1-9-8-15(9)12(19)16-7-5-6-10(16)11(18)17(15)13(20)21-14(2,3)4/h9-10H,5-8H2,1-4H3/t9?,10-,15+/m0/s1. The zero-order valence-electron chi connectivity index (χ0n) is 13.0. The average molecular weight is 294 g/mol. The molecule has 3 rings (SSSR count). The Kier molecular flexibility index (Phi) is 2.88. The molecule has 0 N–H and O–H groups in total. The van der Waals surface area contributed by atoms with Crippen molar-refractivity contribution in [2.45, 2.75) is 64.1 Å². The summed E-state index contributed by atoms with van der Waals surface area (Å²) in [6.07, 6.45) is 1.31. The van der Waals surface area contributed by atoms with Crippen LogP contribution in [0.4, 0.5) is 4.79 Å².